The quantitative estimate of drug-likeness (QED) is 0.418. The van der Waals surface area contributed by atoms with Crippen LogP contribution in [0.25, 0.3) is 27.5 Å². The lowest BCUT2D eigenvalue weighted by Crippen LogP contribution is -1.94. The van der Waals surface area contributed by atoms with Crippen LogP contribution in [0.2, 0.25) is 0 Å². The van der Waals surface area contributed by atoms with E-state index in [1.807, 2.05) is 0 Å². The topological polar surface area (TPSA) is 4.93 Å². The van der Waals surface area contributed by atoms with Crippen molar-refractivity contribution in [1.82, 2.24) is 4.57 Å². The van der Waals surface area contributed by atoms with E-state index in [-0.39, 0.29) is 0 Å². The molecule has 1 unspecified atom stereocenters. The fraction of sp³-hybridized carbons (Fsp3) is 0.182. The Morgan fingerprint density at radius 1 is 0.783 bits per heavy atom. The van der Waals surface area contributed by atoms with Gasteiger partial charge >= 0.3 is 0 Å². The summed E-state index contributed by atoms with van der Waals surface area (Å²) >= 11 is 0. The van der Waals surface area contributed by atoms with Gasteiger partial charge in [0.05, 0.1) is 11.0 Å². The first-order valence-electron chi connectivity index (χ1n) is 8.38. The summed E-state index contributed by atoms with van der Waals surface area (Å²) in [6.45, 7) is 4.56. The van der Waals surface area contributed by atoms with Gasteiger partial charge < -0.3 is 4.57 Å². The molecule has 0 aliphatic carbocycles. The predicted molar refractivity (Wildman–Crippen MR) is 99.5 cm³/mol. The first-order chi connectivity index (χ1) is 11.3. The zero-order valence-corrected chi connectivity index (χ0v) is 13.7. The molecule has 1 heterocycles. The molecule has 0 saturated heterocycles. The molecule has 0 bridgehead atoms. The van der Waals surface area contributed by atoms with Crippen LogP contribution < -0.4 is 0 Å². The SMILES string of the molecule is CCC(C)c1ccc2c(c1)c1ccccc1n2-c1ccccc1. The number of benzene rings is 3. The van der Waals surface area contributed by atoms with Crippen LogP contribution in [0.4, 0.5) is 0 Å². The Morgan fingerprint density at radius 3 is 2.26 bits per heavy atom. The number of nitrogens with zero attached hydrogens (tertiary/aromatic N) is 1. The molecule has 1 aromatic heterocycles. The summed E-state index contributed by atoms with van der Waals surface area (Å²) in [7, 11) is 0. The molecule has 23 heavy (non-hydrogen) atoms. The Morgan fingerprint density at radius 2 is 1.48 bits per heavy atom. The van der Waals surface area contributed by atoms with E-state index >= 15 is 0 Å². The highest BCUT2D eigenvalue weighted by molar-refractivity contribution is 6.09. The van der Waals surface area contributed by atoms with Crippen LogP contribution in [0, 0.1) is 0 Å². The first kappa shape index (κ1) is 14.1. The van der Waals surface area contributed by atoms with E-state index in [9.17, 15) is 0 Å². The van der Waals surface area contributed by atoms with E-state index in [0.29, 0.717) is 5.92 Å². The molecule has 1 atom stereocenters. The number of rotatable bonds is 3. The lowest BCUT2D eigenvalue weighted by molar-refractivity contribution is 0.735. The van der Waals surface area contributed by atoms with Crippen LogP contribution in [0.15, 0.2) is 72.8 Å². The maximum atomic E-state index is 2.38. The molecule has 0 N–H and O–H groups in total. The first-order valence-corrected chi connectivity index (χ1v) is 8.38. The third-order valence-corrected chi connectivity index (χ3v) is 4.89. The molecule has 4 rings (SSSR count). The minimum Gasteiger partial charge on any atom is -0.309 e. The highest BCUT2D eigenvalue weighted by atomic mass is 15.0. The van der Waals surface area contributed by atoms with Crippen molar-refractivity contribution >= 4 is 21.8 Å². The molecule has 0 aliphatic rings. The molecule has 0 amide bonds. The van der Waals surface area contributed by atoms with Gasteiger partial charge in [-0.15, -0.1) is 0 Å². The standard InChI is InChI=1S/C22H21N/c1-3-16(2)17-13-14-22-20(15-17)19-11-7-8-12-21(19)23(22)18-9-5-4-6-10-18/h4-16H,3H2,1-2H3. The minimum absolute atomic E-state index is 0.596. The van der Waals surface area contributed by atoms with Crippen molar-refractivity contribution in [2.24, 2.45) is 0 Å². The Labute approximate surface area is 137 Å². The molecule has 4 aromatic rings. The molecule has 0 aliphatic heterocycles. The molecular formula is C22H21N. The van der Waals surface area contributed by atoms with Crippen molar-refractivity contribution in [3.8, 4) is 5.69 Å². The van der Waals surface area contributed by atoms with E-state index in [4.69, 9.17) is 0 Å². The fourth-order valence-corrected chi connectivity index (χ4v) is 3.39. The van der Waals surface area contributed by atoms with E-state index in [0.717, 1.165) is 0 Å². The van der Waals surface area contributed by atoms with Crippen LogP contribution in [0.1, 0.15) is 31.7 Å². The van der Waals surface area contributed by atoms with Crippen LogP contribution in [0.3, 0.4) is 0 Å². The average Bonchev–Trinajstić information content (AvgIpc) is 2.95. The van der Waals surface area contributed by atoms with E-state index in [1.54, 1.807) is 0 Å². The van der Waals surface area contributed by atoms with Gasteiger partial charge in [0.2, 0.25) is 0 Å². The average molecular weight is 299 g/mol. The number of hydrogen-bond donors (Lipinski definition) is 0. The summed E-state index contributed by atoms with van der Waals surface area (Å²) in [4.78, 5) is 0. The van der Waals surface area contributed by atoms with Crippen LogP contribution >= 0.6 is 0 Å². The van der Waals surface area contributed by atoms with Gasteiger partial charge in [-0.05, 0) is 48.2 Å². The number of fused-ring (bicyclic) bond motifs is 3. The molecule has 1 heteroatoms. The molecule has 114 valence electrons. The highest BCUT2D eigenvalue weighted by Gasteiger charge is 2.13. The molecule has 0 radical (unpaired) electrons. The number of aromatic nitrogens is 1. The summed E-state index contributed by atoms with van der Waals surface area (Å²) in [5.74, 6) is 0.596. The van der Waals surface area contributed by atoms with Gasteiger partial charge in [-0.1, -0.05) is 56.3 Å². The molecule has 0 fully saturated rings. The maximum Gasteiger partial charge on any atom is 0.0541 e. The van der Waals surface area contributed by atoms with Gasteiger partial charge in [-0.25, -0.2) is 0 Å². The smallest absolute Gasteiger partial charge is 0.0541 e. The summed E-state index contributed by atoms with van der Waals surface area (Å²) in [5, 5.41) is 2.68. The zero-order chi connectivity index (χ0) is 15.8. The van der Waals surface area contributed by atoms with Gasteiger partial charge in [0.1, 0.15) is 0 Å². The predicted octanol–water partition coefficient (Wildman–Crippen LogP) is 6.30. The second kappa shape index (κ2) is 5.58. The second-order valence-electron chi connectivity index (χ2n) is 6.27. The van der Waals surface area contributed by atoms with Crippen molar-refractivity contribution in [3.63, 3.8) is 0 Å². The largest absolute Gasteiger partial charge is 0.309 e. The molecule has 0 saturated carbocycles. The van der Waals surface area contributed by atoms with Gasteiger partial charge in [-0.2, -0.15) is 0 Å². The van der Waals surface area contributed by atoms with Gasteiger partial charge in [-0.3, -0.25) is 0 Å². The Balaban J connectivity index is 2.09. The molecular weight excluding hydrogens is 278 g/mol. The third-order valence-electron chi connectivity index (χ3n) is 4.89. The molecule has 1 nitrogen and oxygen atoms in total. The Kier molecular flexibility index (Phi) is 3.42. The highest BCUT2D eigenvalue weighted by Crippen LogP contribution is 2.34. The van der Waals surface area contributed by atoms with Crippen LogP contribution in [-0.2, 0) is 0 Å². The normalized spacial score (nSPS) is 12.8. The van der Waals surface area contributed by atoms with Crippen molar-refractivity contribution in [2.45, 2.75) is 26.2 Å². The van der Waals surface area contributed by atoms with E-state index in [2.05, 4.69) is 91.2 Å². The van der Waals surface area contributed by atoms with Crippen LogP contribution in [0.5, 0.6) is 0 Å². The van der Waals surface area contributed by atoms with E-state index in [1.165, 1.54) is 39.5 Å². The van der Waals surface area contributed by atoms with E-state index < -0.39 is 0 Å². The van der Waals surface area contributed by atoms with Gasteiger partial charge in [0, 0.05) is 16.5 Å². The summed E-state index contributed by atoms with van der Waals surface area (Å²) in [6.07, 6.45) is 1.17. The van der Waals surface area contributed by atoms with Gasteiger partial charge in [0.15, 0.2) is 0 Å². The zero-order valence-electron chi connectivity index (χ0n) is 13.7. The van der Waals surface area contributed by atoms with Crippen molar-refractivity contribution in [3.05, 3.63) is 78.4 Å². The monoisotopic (exact) mass is 299 g/mol. The molecule has 3 aromatic carbocycles. The maximum absolute atomic E-state index is 2.38. The van der Waals surface area contributed by atoms with Crippen molar-refractivity contribution in [1.29, 1.82) is 0 Å². The van der Waals surface area contributed by atoms with Crippen molar-refractivity contribution < 1.29 is 0 Å². The third kappa shape index (κ3) is 2.24. The van der Waals surface area contributed by atoms with Gasteiger partial charge in [0.25, 0.3) is 0 Å². The number of para-hydroxylation sites is 2. The minimum atomic E-state index is 0.596. The Hall–Kier alpha value is -2.54. The summed E-state index contributed by atoms with van der Waals surface area (Å²) in [5.41, 5.74) is 5.20. The lowest BCUT2D eigenvalue weighted by atomic mass is 9.97. The second-order valence-corrected chi connectivity index (χ2v) is 6.27. The number of hydrogen-bond acceptors (Lipinski definition) is 0. The summed E-state index contributed by atoms with van der Waals surface area (Å²) in [6, 6.07) is 26.3. The Bertz CT molecular complexity index is 963. The summed E-state index contributed by atoms with van der Waals surface area (Å²) < 4.78 is 2.37. The molecule has 0 spiro atoms. The lowest BCUT2D eigenvalue weighted by Gasteiger charge is -2.10. The van der Waals surface area contributed by atoms with Crippen LogP contribution in [-0.4, -0.2) is 4.57 Å². The fourth-order valence-electron chi connectivity index (χ4n) is 3.39. The van der Waals surface area contributed by atoms with Crippen molar-refractivity contribution in [2.75, 3.05) is 0 Å².